The largest absolute Gasteiger partial charge is 0.493 e. The molecule has 1 aliphatic rings. The summed E-state index contributed by atoms with van der Waals surface area (Å²) in [5.41, 5.74) is 1.10. The third-order valence-corrected chi connectivity index (χ3v) is 4.22. The van der Waals surface area contributed by atoms with Gasteiger partial charge in [0, 0.05) is 18.0 Å². The minimum atomic E-state index is -0.199. The number of nitrogens with one attached hydrogen (secondary N) is 1. The Hall–Kier alpha value is -1.26. The van der Waals surface area contributed by atoms with Crippen LogP contribution >= 0.6 is 0 Å². The molecule has 1 fully saturated rings. The summed E-state index contributed by atoms with van der Waals surface area (Å²) in [6.45, 7) is 4.95. The van der Waals surface area contributed by atoms with E-state index >= 15 is 0 Å². The summed E-state index contributed by atoms with van der Waals surface area (Å²) in [7, 11) is 3.27. The van der Waals surface area contributed by atoms with Crippen molar-refractivity contribution in [3.05, 3.63) is 23.8 Å². The quantitative estimate of drug-likeness (QED) is 0.854. The van der Waals surface area contributed by atoms with Crippen LogP contribution in [0.25, 0.3) is 0 Å². The standard InChI is InChI=1S/C15H23NO3/c1-15(2)13(8-14(15)17)16-9-10-5-6-11(18-3)12(7-10)19-4/h5-7,13-14,16-17H,8-9H2,1-4H3. The second-order valence-corrected chi connectivity index (χ2v) is 5.70. The molecule has 2 N–H and O–H groups in total. The third kappa shape index (κ3) is 2.69. The Morgan fingerprint density at radius 1 is 1.26 bits per heavy atom. The summed E-state index contributed by atoms with van der Waals surface area (Å²) in [4.78, 5) is 0. The highest BCUT2D eigenvalue weighted by atomic mass is 16.5. The summed E-state index contributed by atoms with van der Waals surface area (Å²) in [5, 5.41) is 13.2. The summed E-state index contributed by atoms with van der Waals surface area (Å²) in [6.07, 6.45) is 0.621. The lowest BCUT2D eigenvalue weighted by Gasteiger charge is -2.49. The fourth-order valence-corrected chi connectivity index (χ4v) is 2.48. The zero-order valence-corrected chi connectivity index (χ0v) is 12.1. The Morgan fingerprint density at radius 2 is 1.95 bits per heavy atom. The average molecular weight is 265 g/mol. The normalized spacial score (nSPS) is 24.7. The van der Waals surface area contributed by atoms with Crippen molar-refractivity contribution in [3.63, 3.8) is 0 Å². The average Bonchev–Trinajstić information content (AvgIpc) is 2.42. The van der Waals surface area contributed by atoms with Gasteiger partial charge in [-0.25, -0.2) is 0 Å². The SMILES string of the molecule is COc1ccc(CNC2CC(O)C2(C)C)cc1OC. The summed E-state index contributed by atoms with van der Waals surface area (Å²) < 4.78 is 10.5. The molecule has 1 aromatic rings. The minimum absolute atomic E-state index is 0.0451. The summed E-state index contributed by atoms with van der Waals surface area (Å²) in [5.74, 6) is 1.49. The highest BCUT2D eigenvalue weighted by Gasteiger charge is 2.46. The predicted molar refractivity (Wildman–Crippen MR) is 74.6 cm³/mol. The number of benzene rings is 1. The van der Waals surface area contributed by atoms with E-state index in [2.05, 4.69) is 19.2 Å². The van der Waals surface area contributed by atoms with Crippen LogP contribution in [0.4, 0.5) is 0 Å². The lowest BCUT2D eigenvalue weighted by molar-refractivity contribution is -0.0729. The van der Waals surface area contributed by atoms with Gasteiger partial charge in [-0.2, -0.15) is 0 Å². The van der Waals surface area contributed by atoms with Crippen molar-refractivity contribution in [1.29, 1.82) is 0 Å². The maximum absolute atomic E-state index is 9.72. The van der Waals surface area contributed by atoms with Crippen LogP contribution in [0, 0.1) is 5.41 Å². The third-order valence-electron chi connectivity index (χ3n) is 4.22. The molecule has 1 aliphatic carbocycles. The molecule has 2 atom stereocenters. The first-order valence-corrected chi connectivity index (χ1v) is 6.61. The smallest absolute Gasteiger partial charge is 0.161 e. The van der Waals surface area contributed by atoms with E-state index in [9.17, 15) is 5.11 Å². The lowest BCUT2D eigenvalue weighted by atomic mass is 9.64. The molecule has 0 heterocycles. The minimum Gasteiger partial charge on any atom is -0.493 e. The topological polar surface area (TPSA) is 50.7 Å². The van der Waals surface area contributed by atoms with Gasteiger partial charge in [0.05, 0.1) is 20.3 Å². The summed E-state index contributed by atoms with van der Waals surface area (Å²) >= 11 is 0. The number of aliphatic hydroxyl groups is 1. The van der Waals surface area contributed by atoms with E-state index in [1.54, 1.807) is 14.2 Å². The molecule has 4 nitrogen and oxygen atoms in total. The van der Waals surface area contributed by atoms with Crippen molar-refractivity contribution in [2.75, 3.05) is 14.2 Å². The number of rotatable bonds is 5. The van der Waals surface area contributed by atoms with Crippen molar-refractivity contribution in [3.8, 4) is 11.5 Å². The Morgan fingerprint density at radius 3 is 2.47 bits per heavy atom. The van der Waals surface area contributed by atoms with Gasteiger partial charge in [-0.3, -0.25) is 0 Å². The molecule has 2 unspecified atom stereocenters. The Kier molecular flexibility index (Phi) is 4.02. The number of ether oxygens (including phenoxy) is 2. The Balaban J connectivity index is 1.97. The molecule has 1 saturated carbocycles. The molecule has 1 aromatic carbocycles. The van der Waals surface area contributed by atoms with E-state index < -0.39 is 0 Å². The van der Waals surface area contributed by atoms with Gasteiger partial charge < -0.3 is 19.9 Å². The fraction of sp³-hybridized carbons (Fsp3) is 0.600. The molecule has 0 aromatic heterocycles. The molecule has 0 bridgehead atoms. The van der Waals surface area contributed by atoms with Gasteiger partial charge in [-0.15, -0.1) is 0 Å². The van der Waals surface area contributed by atoms with Crippen LogP contribution < -0.4 is 14.8 Å². The molecular formula is C15H23NO3. The van der Waals surface area contributed by atoms with Gasteiger partial charge in [0.2, 0.25) is 0 Å². The molecular weight excluding hydrogens is 242 g/mol. The van der Waals surface area contributed by atoms with Crippen molar-refractivity contribution < 1.29 is 14.6 Å². The molecule has 0 aliphatic heterocycles. The Labute approximate surface area is 114 Å². The van der Waals surface area contributed by atoms with E-state index in [0.29, 0.717) is 6.04 Å². The van der Waals surface area contributed by atoms with Crippen LogP contribution in [-0.2, 0) is 6.54 Å². The van der Waals surface area contributed by atoms with Gasteiger partial charge in [0.15, 0.2) is 11.5 Å². The highest BCUT2D eigenvalue weighted by Crippen LogP contribution is 2.40. The van der Waals surface area contributed by atoms with Crippen LogP contribution in [0.2, 0.25) is 0 Å². The monoisotopic (exact) mass is 265 g/mol. The van der Waals surface area contributed by atoms with Gasteiger partial charge >= 0.3 is 0 Å². The van der Waals surface area contributed by atoms with E-state index in [1.165, 1.54) is 0 Å². The Bertz CT molecular complexity index is 445. The zero-order valence-electron chi connectivity index (χ0n) is 12.1. The van der Waals surface area contributed by atoms with Gasteiger partial charge in [-0.1, -0.05) is 19.9 Å². The van der Waals surface area contributed by atoms with Crippen LogP contribution in [0.15, 0.2) is 18.2 Å². The van der Waals surface area contributed by atoms with Crippen molar-refractivity contribution in [2.45, 2.75) is 39.0 Å². The van der Waals surface area contributed by atoms with Gasteiger partial charge in [0.1, 0.15) is 0 Å². The molecule has 0 saturated heterocycles. The summed E-state index contributed by atoms with van der Waals surface area (Å²) in [6, 6.07) is 6.27. The first-order chi connectivity index (χ1) is 8.98. The number of aliphatic hydroxyl groups excluding tert-OH is 1. The molecule has 19 heavy (non-hydrogen) atoms. The molecule has 0 radical (unpaired) electrons. The van der Waals surface area contributed by atoms with Crippen LogP contribution in [-0.4, -0.2) is 31.5 Å². The molecule has 4 heteroatoms. The second-order valence-electron chi connectivity index (χ2n) is 5.70. The van der Waals surface area contributed by atoms with Crippen molar-refractivity contribution in [2.24, 2.45) is 5.41 Å². The van der Waals surface area contributed by atoms with Gasteiger partial charge in [-0.05, 0) is 24.1 Å². The first-order valence-electron chi connectivity index (χ1n) is 6.61. The van der Waals surface area contributed by atoms with E-state index in [1.807, 2.05) is 18.2 Å². The zero-order chi connectivity index (χ0) is 14.0. The van der Waals surface area contributed by atoms with E-state index in [0.717, 1.165) is 30.0 Å². The maximum atomic E-state index is 9.72. The molecule has 106 valence electrons. The molecule has 0 spiro atoms. The number of hydrogen-bond acceptors (Lipinski definition) is 4. The fourth-order valence-electron chi connectivity index (χ4n) is 2.48. The van der Waals surface area contributed by atoms with Crippen LogP contribution in [0.1, 0.15) is 25.8 Å². The van der Waals surface area contributed by atoms with Crippen molar-refractivity contribution in [1.82, 2.24) is 5.32 Å². The van der Waals surface area contributed by atoms with Crippen LogP contribution in [0.3, 0.4) is 0 Å². The lowest BCUT2D eigenvalue weighted by Crippen LogP contribution is -2.59. The maximum Gasteiger partial charge on any atom is 0.161 e. The molecule has 0 amide bonds. The highest BCUT2D eigenvalue weighted by molar-refractivity contribution is 5.42. The van der Waals surface area contributed by atoms with Crippen molar-refractivity contribution >= 4 is 0 Å². The predicted octanol–water partition coefficient (Wildman–Crippen LogP) is 1.95. The van der Waals surface area contributed by atoms with E-state index in [-0.39, 0.29) is 11.5 Å². The molecule has 2 rings (SSSR count). The van der Waals surface area contributed by atoms with E-state index in [4.69, 9.17) is 9.47 Å². The number of hydrogen-bond donors (Lipinski definition) is 2. The van der Waals surface area contributed by atoms with Gasteiger partial charge in [0.25, 0.3) is 0 Å². The van der Waals surface area contributed by atoms with Crippen LogP contribution in [0.5, 0.6) is 11.5 Å². The second kappa shape index (κ2) is 5.39. The number of methoxy groups -OCH3 is 2. The first kappa shape index (κ1) is 14.2.